The standard InChI is InChI=1S/C47H81NO4/c1-3-5-7-9-11-13-15-17-19-21-23-25-27-29-31-35-39-51-42-43(41-48-46(49)44-37-33-34-38-45(44)47(48)50)52-40-36-32-30-28-26-24-22-20-18-16-14-12-10-8-6-4-2/h18,20,33-34,37-38,43H,3-17,19,21-32,35-36,39-42H2,1-2H3/b20-18-. The molecule has 0 aliphatic carbocycles. The van der Waals surface area contributed by atoms with Crippen molar-refractivity contribution >= 4 is 11.8 Å². The Labute approximate surface area is 321 Å². The van der Waals surface area contributed by atoms with Gasteiger partial charge in [0, 0.05) is 13.2 Å². The highest BCUT2D eigenvalue weighted by atomic mass is 16.5. The average Bonchev–Trinajstić information content (AvgIpc) is 3.40. The maximum atomic E-state index is 13.0. The van der Waals surface area contributed by atoms with E-state index in [2.05, 4.69) is 26.0 Å². The molecule has 5 nitrogen and oxygen atoms in total. The maximum Gasteiger partial charge on any atom is 0.261 e. The Hall–Kier alpha value is -1.98. The summed E-state index contributed by atoms with van der Waals surface area (Å²) in [5.74, 6) is -0.437. The fraction of sp³-hybridized carbons (Fsp3) is 0.787. The zero-order valence-electron chi connectivity index (χ0n) is 34.2. The molecule has 0 fully saturated rings. The monoisotopic (exact) mass is 724 g/mol. The van der Waals surface area contributed by atoms with Crippen molar-refractivity contribution < 1.29 is 19.1 Å². The molecule has 0 N–H and O–H groups in total. The predicted molar refractivity (Wildman–Crippen MR) is 221 cm³/mol. The Balaban J connectivity index is 1.53. The van der Waals surface area contributed by atoms with Crippen molar-refractivity contribution in [3.05, 3.63) is 47.5 Å². The van der Waals surface area contributed by atoms with Gasteiger partial charge in [0.2, 0.25) is 0 Å². The smallest absolute Gasteiger partial charge is 0.261 e. The van der Waals surface area contributed by atoms with Gasteiger partial charge in [-0.05, 0) is 50.7 Å². The summed E-state index contributed by atoms with van der Waals surface area (Å²) in [5.41, 5.74) is 0.988. The summed E-state index contributed by atoms with van der Waals surface area (Å²) >= 11 is 0. The SMILES string of the molecule is CCCCCCCC/C=C\CCCCCCCCOC(COCCCCCCCCCCCCCCCCCC)CN1C(=O)c2ccccc2C1=O. The van der Waals surface area contributed by atoms with Gasteiger partial charge in [0.05, 0.1) is 30.4 Å². The average molecular weight is 724 g/mol. The number of fused-ring (bicyclic) bond motifs is 1. The van der Waals surface area contributed by atoms with Crippen molar-refractivity contribution in [2.24, 2.45) is 0 Å². The fourth-order valence-electron chi connectivity index (χ4n) is 7.33. The van der Waals surface area contributed by atoms with E-state index in [0.717, 1.165) is 19.3 Å². The molecule has 2 rings (SSSR count). The molecule has 0 spiro atoms. The highest BCUT2D eigenvalue weighted by molar-refractivity contribution is 6.21. The van der Waals surface area contributed by atoms with Gasteiger partial charge in [-0.1, -0.05) is 192 Å². The number of nitrogens with zero attached hydrogens (tertiary/aromatic N) is 1. The number of imide groups is 1. The van der Waals surface area contributed by atoms with E-state index in [1.54, 1.807) is 12.1 Å². The molecule has 1 aromatic rings. The minimum atomic E-state index is -0.300. The molecule has 0 bridgehead atoms. The quantitative estimate of drug-likeness (QED) is 0.0387. The van der Waals surface area contributed by atoms with E-state index >= 15 is 0 Å². The molecule has 298 valence electrons. The van der Waals surface area contributed by atoms with Crippen LogP contribution in [0.4, 0.5) is 0 Å². The Kier molecular flexibility index (Phi) is 29.8. The molecule has 0 radical (unpaired) electrons. The first-order chi connectivity index (χ1) is 25.7. The third kappa shape index (κ3) is 22.9. The van der Waals surface area contributed by atoms with Gasteiger partial charge in [0.1, 0.15) is 0 Å². The number of unbranched alkanes of at least 4 members (excludes halogenated alkanes) is 27. The van der Waals surface area contributed by atoms with Gasteiger partial charge >= 0.3 is 0 Å². The highest BCUT2D eigenvalue weighted by Gasteiger charge is 2.36. The summed E-state index contributed by atoms with van der Waals surface area (Å²) in [5, 5.41) is 0. The summed E-state index contributed by atoms with van der Waals surface area (Å²) < 4.78 is 12.3. The van der Waals surface area contributed by atoms with Crippen LogP contribution in [-0.2, 0) is 9.47 Å². The third-order valence-electron chi connectivity index (χ3n) is 10.7. The summed E-state index contributed by atoms with van der Waals surface area (Å²) in [4.78, 5) is 27.4. The summed E-state index contributed by atoms with van der Waals surface area (Å²) in [6.45, 7) is 6.56. The summed E-state index contributed by atoms with van der Waals surface area (Å²) in [6.07, 6.45) is 44.0. The number of rotatable bonds is 38. The van der Waals surface area contributed by atoms with Crippen molar-refractivity contribution in [2.75, 3.05) is 26.4 Å². The molecule has 0 saturated carbocycles. The van der Waals surface area contributed by atoms with E-state index in [1.807, 2.05) is 12.1 Å². The first-order valence-corrected chi connectivity index (χ1v) is 22.5. The molecule has 1 atom stereocenters. The van der Waals surface area contributed by atoms with Crippen LogP contribution in [0, 0.1) is 0 Å². The van der Waals surface area contributed by atoms with Gasteiger partial charge in [-0.15, -0.1) is 0 Å². The lowest BCUT2D eigenvalue weighted by Crippen LogP contribution is -2.40. The largest absolute Gasteiger partial charge is 0.379 e. The minimum absolute atomic E-state index is 0.218. The molecule has 2 amide bonds. The predicted octanol–water partition coefficient (Wildman–Crippen LogP) is 14.0. The Morgan fingerprint density at radius 3 is 1.29 bits per heavy atom. The minimum Gasteiger partial charge on any atom is -0.379 e. The van der Waals surface area contributed by atoms with E-state index in [0.29, 0.717) is 30.9 Å². The van der Waals surface area contributed by atoms with Crippen LogP contribution in [0.2, 0.25) is 0 Å². The first-order valence-electron chi connectivity index (χ1n) is 22.5. The number of amides is 2. The van der Waals surface area contributed by atoms with E-state index in [4.69, 9.17) is 9.47 Å². The van der Waals surface area contributed by atoms with Crippen molar-refractivity contribution in [3.8, 4) is 0 Å². The van der Waals surface area contributed by atoms with E-state index in [1.165, 1.54) is 178 Å². The van der Waals surface area contributed by atoms with Crippen molar-refractivity contribution in [1.82, 2.24) is 4.90 Å². The third-order valence-corrected chi connectivity index (χ3v) is 10.7. The number of ether oxygens (including phenoxy) is 2. The number of benzene rings is 1. The van der Waals surface area contributed by atoms with Crippen LogP contribution in [0.15, 0.2) is 36.4 Å². The van der Waals surface area contributed by atoms with Crippen molar-refractivity contribution in [2.45, 2.75) is 213 Å². The molecular weight excluding hydrogens is 643 g/mol. The van der Waals surface area contributed by atoms with Crippen LogP contribution in [0.1, 0.15) is 227 Å². The zero-order chi connectivity index (χ0) is 37.2. The van der Waals surface area contributed by atoms with Gasteiger partial charge in [-0.2, -0.15) is 0 Å². The van der Waals surface area contributed by atoms with Gasteiger partial charge in [-0.3, -0.25) is 14.5 Å². The van der Waals surface area contributed by atoms with Crippen LogP contribution in [0.25, 0.3) is 0 Å². The lowest BCUT2D eigenvalue weighted by molar-refractivity contribution is -0.0286. The normalized spacial score (nSPS) is 13.5. The molecule has 1 aliphatic heterocycles. The molecular formula is C47H81NO4. The number of hydrogen-bond donors (Lipinski definition) is 0. The Morgan fingerprint density at radius 1 is 0.500 bits per heavy atom. The van der Waals surface area contributed by atoms with Crippen molar-refractivity contribution in [1.29, 1.82) is 0 Å². The van der Waals surface area contributed by atoms with E-state index in [-0.39, 0.29) is 24.5 Å². The number of hydrogen-bond acceptors (Lipinski definition) is 4. The van der Waals surface area contributed by atoms with Gasteiger partial charge in [0.25, 0.3) is 11.8 Å². The lowest BCUT2D eigenvalue weighted by atomic mass is 10.0. The molecule has 1 aliphatic rings. The first kappa shape index (κ1) is 46.2. The highest BCUT2D eigenvalue weighted by Crippen LogP contribution is 2.23. The van der Waals surface area contributed by atoms with Gasteiger partial charge in [-0.25, -0.2) is 0 Å². The van der Waals surface area contributed by atoms with Crippen LogP contribution < -0.4 is 0 Å². The zero-order valence-corrected chi connectivity index (χ0v) is 34.2. The van der Waals surface area contributed by atoms with Crippen LogP contribution in [0.3, 0.4) is 0 Å². The second-order valence-electron chi connectivity index (χ2n) is 15.6. The maximum absolute atomic E-state index is 13.0. The lowest BCUT2D eigenvalue weighted by Gasteiger charge is -2.23. The van der Waals surface area contributed by atoms with Crippen molar-refractivity contribution in [3.63, 3.8) is 0 Å². The fourth-order valence-corrected chi connectivity index (χ4v) is 7.33. The van der Waals surface area contributed by atoms with Crippen LogP contribution in [0.5, 0.6) is 0 Å². The number of carbonyl (C=O) groups excluding carboxylic acids is 2. The van der Waals surface area contributed by atoms with Gasteiger partial charge < -0.3 is 9.47 Å². The number of allylic oxidation sites excluding steroid dienone is 2. The second kappa shape index (κ2) is 33.6. The van der Waals surface area contributed by atoms with E-state index in [9.17, 15) is 9.59 Å². The second-order valence-corrected chi connectivity index (χ2v) is 15.6. The summed E-state index contributed by atoms with van der Waals surface area (Å²) in [6, 6.07) is 7.12. The Bertz CT molecular complexity index is 987. The van der Waals surface area contributed by atoms with Crippen LogP contribution >= 0.6 is 0 Å². The topological polar surface area (TPSA) is 55.8 Å². The summed E-state index contributed by atoms with van der Waals surface area (Å²) in [7, 11) is 0. The molecule has 52 heavy (non-hydrogen) atoms. The molecule has 1 aromatic carbocycles. The molecule has 0 aromatic heterocycles. The van der Waals surface area contributed by atoms with E-state index < -0.39 is 0 Å². The molecule has 5 heteroatoms. The molecule has 1 unspecified atom stereocenters. The molecule has 0 saturated heterocycles. The van der Waals surface area contributed by atoms with Crippen LogP contribution in [-0.4, -0.2) is 49.2 Å². The van der Waals surface area contributed by atoms with Gasteiger partial charge in [0.15, 0.2) is 0 Å². The molecule has 1 heterocycles. The number of carbonyl (C=O) groups is 2. The Morgan fingerprint density at radius 2 is 0.865 bits per heavy atom.